The van der Waals surface area contributed by atoms with Crippen molar-refractivity contribution in [3.8, 4) is 23.4 Å². The maximum Gasteiger partial charge on any atom is 0.304 e. The number of carbonyl (C=O) groups is 1. The SMILES string of the molecule is COc1n[n+]([O-])cc2cc(C(=O)NCc3ccc(Cl)c(Oc4cc(Cl)cc(C#N)c4)c3F)[nH]c12. The molecule has 2 aromatic heterocycles. The van der Waals surface area contributed by atoms with Crippen molar-refractivity contribution in [2.45, 2.75) is 6.54 Å². The second kappa shape index (κ2) is 9.43. The van der Waals surface area contributed by atoms with Crippen LogP contribution < -0.4 is 19.6 Å². The van der Waals surface area contributed by atoms with Gasteiger partial charge < -0.3 is 25.0 Å². The number of hydrogen-bond acceptors (Lipinski definition) is 6. The summed E-state index contributed by atoms with van der Waals surface area (Å²) in [5.41, 5.74) is 0.819. The van der Waals surface area contributed by atoms with Gasteiger partial charge in [0.1, 0.15) is 17.0 Å². The predicted molar refractivity (Wildman–Crippen MR) is 120 cm³/mol. The first-order chi connectivity index (χ1) is 16.3. The number of hydrogen-bond donors (Lipinski definition) is 2. The first-order valence-electron chi connectivity index (χ1n) is 9.60. The number of aromatic amines is 1. The number of amides is 1. The van der Waals surface area contributed by atoms with Gasteiger partial charge in [0.2, 0.25) is 6.20 Å². The Bertz CT molecular complexity index is 1470. The van der Waals surface area contributed by atoms with Crippen LogP contribution in [-0.4, -0.2) is 23.1 Å². The van der Waals surface area contributed by atoms with E-state index in [0.29, 0.717) is 15.7 Å². The van der Waals surface area contributed by atoms with Crippen LogP contribution in [-0.2, 0) is 6.54 Å². The standard InChI is InChI=1S/C22H14Cl2FN5O4/c1-33-22-19-13(10-30(32)29-22)6-17(28-19)21(31)27-9-12-2-3-16(24)20(18(12)25)34-15-5-11(8-26)4-14(23)7-15/h2-7,10,28H,9H2,1H3,(H,27,31). The van der Waals surface area contributed by atoms with Gasteiger partial charge in [-0.1, -0.05) is 34.1 Å². The van der Waals surface area contributed by atoms with E-state index < -0.39 is 11.7 Å². The third-order valence-corrected chi connectivity index (χ3v) is 5.24. The van der Waals surface area contributed by atoms with Gasteiger partial charge in [0.25, 0.3) is 5.91 Å². The summed E-state index contributed by atoms with van der Waals surface area (Å²) < 4.78 is 25.7. The third kappa shape index (κ3) is 4.66. The van der Waals surface area contributed by atoms with Gasteiger partial charge in [0, 0.05) is 17.1 Å². The van der Waals surface area contributed by atoms with Gasteiger partial charge >= 0.3 is 5.88 Å². The van der Waals surface area contributed by atoms with Gasteiger partial charge in [-0.25, -0.2) is 4.39 Å². The lowest BCUT2D eigenvalue weighted by Crippen LogP contribution is -2.30. The topological polar surface area (TPSA) is 127 Å². The molecule has 0 aliphatic carbocycles. The largest absolute Gasteiger partial charge is 0.594 e. The van der Waals surface area contributed by atoms with E-state index in [4.69, 9.17) is 37.9 Å². The number of rotatable bonds is 6. The number of ether oxygens (including phenoxy) is 2. The van der Waals surface area contributed by atoms with Crippen molar-refractivity contribution in [1.29, 1.82) is 5.26 Å². The maximum absolute atomic E-state index is 15.1. The lowest BCUT2D eigenvalue weighted by atomic mass is 10.2. The Morgan fingerprint density at radius 1 is 1.32 bits per heavy atom. The molecule has 4 aromatic rings. The van der Waals surface area contributed by atoms with Gasteiger partial charge in [0.05, 0.1) is 34.3 Å². The summed E-state index contributed by atoms with van der Waals surface area (Å²) in [5, 5.41) is 27.5. The van der Waals surface area contributed by atoms with Crippen LogP contribution in [0.25, 0.3) is 10.9 Å². The molecule has 1 amide bonds. The lowest BCUT2D eigenvalue weighted by Gasteiger charge is -2.13. The first kappa shape index (κ1) is 23.1. The Kier molecular flexibility index (Phi) is 6.40. The summed E-state index contributed by atoms with van der Waals surface area (Å²) in [5.74, 6) is -1.47. The van der Waals surface area contributed by atoms with E-state index in [-0.39, 0.29) is 50.8 Å². The molecule has 0 atom stereocenters. The smallest absolute Gasteiger partial charge is 0.304 e. The third-order valence-electron chi connectivity index (χ3n) is 4.73. The van der Waals surface area contributed by atoms with Crippen molar-refractivity contribution in [3.63, 3.8) is 0 Å². The molecule has 34 heavy (non-hydrogen) atoms. The molecule has 0 bridgehead atoms. The minimum absolute atomic E-state index is 0.00723. The van der Waals surface area contributed by atoms with Gasteiger partial charge in [-0.05, 0) is 30.3 Å². The Morgan fingerprint density at radius 2 is 2.12 bits per heavy atom. The van der Waals surface area contributed by atoms with E-state index in [1.165, 1.54) is 49.7 Å². The minimum Gasteiger partial charge on any atom is -0.594 e. The molecule has 0 aliphatic heterocycles. The molecule has 172 valence electrons. The van der Waals surface area contributed by atoms with Crippen LogP contribution in [0.5, 0.6) is 17.4 Å². The highest BCUT2D eigenvalue weighted by Crippen LogP contribution is 2.35. The number of nitrogens with zero attached hydrogens (tertiary/aromatic N) is 3. The minimum atomic E-state index is -0.791. The molecule has 0 radical (unpaired) electrons. The maximum atomic E-state index is 15.1. The molecule has 4 rings (SSSR count). The lowest BCUT2D eigenvalue weighted by molar-refractivity contribution is -0.668. The van der Waals surface area contributed by atoms with Crippen molar-refractivity contribution >= 4 is 40.0 Å². The average Bonchev–Trinajstić information content (AvgIpc) is 3.24. The Morgan fingerprint density at radius 3 is 2.85 bits per heavy atom. The van der Waals surface area contributed by atoms with E-state index in [1.807, 2.05) is 6.07 Å². The predicted octanol–water partition coefficient (Wildman–Crippen LogP) is 4.24. The molecule has 0 unspecified atom stereocenters. The number of nitrogens with one attached hydrogen (secondary N) is 2. The van der Waals surface area contributed by atoms with Gasteiger partial charge in [-0.2, -0.15) is 5.26 Å². The molecule has 0 spiro atoms. The van der Waals surface area contributed by atoms with Gasteiger partial charge in [-0.15, -0.1) is 0 Å². The van der Waals surface area contributed by atoms with Crippen LogP contribution in [0.1, 0.15) is 21.6 Å². The van der Waals surface area contributed by atoms with Crippen LogP contribution in [0.4, 0.5) is 4.39 Å². The molecule has 9 nitrogen and oxygen atoms in total. The second-order valence-corrected chi connectivity index (χ2v) is 7.82. The molecule has 0 saturated heterocycles. The highest BCUT2D eigenvalue weighted by atomic mass is 35.5. The molecule has 0 fully saturated rings. The summed E-state index contributed by atoms with van der Waals surface area (Å²) in [4.78, 5) is 15.8. The number of benzene rings is 2. The van der Waals surface area contributed by atoms with E-state index in [9.17, 15) is 10.0 Å². The summed E-state index contributed by atoms with van der Waals surface area (Å²) in [7, 11) is 1.34. The van der Waals surface area contributed by atoms with E-state index in [2.05, 4.69) is 15.4 Å². The molecule has 2 N–H and O–H groups in total. The van der Waals surface area contributed by atoms with Crippen molar-refractivity contribution in [3.05, 3.63) is 80.5 Å². The van der Waals surface area contributed by atoms with Crippen LogP contribution in [0, 0.1) is 22.4 Å². The zero-order valence-electron chi connectivity index (χ0n) is 17.4. The Labute approximate surface area is 201 Å². The summed E-state index contributed by atoms with van der Waals surface area (Å²) in [6.07, 6.45) is 1.18. The fourth-order valence-electron chi connectivity index (χ4n) is 3.18. The van der Waals surface area contributed by atoms with Crippen molar-refractivity contribution < 1.29 is 23.5 Å². The highest BCUT2D eigenvalue weighted by Gasteiger charge is 2.19. The van der Waals surface area contributed by atoms with Crippen molar-refractivity contribution in [1.82, 2.24) is 15.4 Å². The van der Waals surface area contributed by atoms with E-state index >= 15 is 4.39 Å². The number of nitriles is 1. The number of halogens is 3. The Balaban J connectivity index is 1.55. The first-order valence-corrected chi connectivity index (χ1v) is 10.4. The molecule has 12 heteroatoms. The number of carbonyl (C=O) groups excluding carboxylic acids is 1. The van der Waals surface area contributed by atoms with E-state index in [0.717, 1.165) is 0 Å². The van der Waals surface area contributed by atoms with E-state index in [1.54, 1.807) is 0 Å². The monoisotopic (exact) mass is 501 g/mol. The van der Waals surface area contributed by atoms with Crippen LogP contribution in [0.2, 0.25) is 10.0 Å². The van der Waals surface area contributed by atoms with Crippen molar-refractivity contribution in [2.75, 3.05) is 7.11 Å². The summed E-state index contributed by atoms with van der Waals surface area (Å²) >= 11 is 12.1. The molecule has 2 heterocycles. The normalized spacial score (nSPS) is 10.7. The Hall–Kier alpha value is -4.07. The summed E-state index contributed by atoms with van der Waals surface area (Å²) in [6, 6.07) is 10.4. The molecule has 2 aromatic carbocycles. The van der Waals surface area contributed by atoms with Crippen LogP contribution >= 0.6 is 23.2 Å². The number of H-pyrrole nitrogens is 1. The highest BCUT2D eigenvalue weighted by molar-refractivity contribution is 6.32. The van der Waals surface area contributed by atoms with Gasteiger partial charge in [-0.3, -0.25) is 4.79 Å². The number of methoxy groups -OCH3 is 1. The fraction of sp³-hybridized carbons (Fsp3) is 0.0909. The molecular weight excluding hydrogens is 488 g/mol. The zero-order valence-corrected chi connectivity index (χ0v) is 18.9. The molecule has 0 saturated carbocycles. The van der Waals surface area contributed by atoms with Crippen molar-refractivity contribution in [2.24, 2.45) is 0 Å². The fourth-order valence-corrected chi connectivity index (χ4v) is 3.59. The summed E-state index contributed by atoms with van der Waals surface area (Å²) in [6.45, 7) is -0.191. The number of aromatic nitrogens is 3. The zero-order chi connectivity index (χ0) is 24.4. The number of fused-ring (bicyclic) bond motifs is 1. The van der Waals surface area contributed by atoms with Crippen LogP contribution in [0.15, 0.2) is 42.6 Å². The average molecular weight is 502 g/mol. The molecular formula is C22H14Cl2FN5O4. The second-order valence-electron chi connectivity index (χ2n) is 6.98. The quantitative estimate of drug-likeness (QED) is 0.300. The van der Waals surface area contributed by atoms with Gasteiger partial charge in [0.15, 0.2) is 11.6 Å². The van der Waals surface area contributed by atoms with Crippen LogP contribution in [0.3, 0.4) is 0 Å². The molecule has 0 aliphatic rings.